The van der Waals surface area contributed by atoms with Crippen LogP contribution in [0, 0.1) is 13.8 Å². The summed E-state index contributed by atoms with van der Waals surface area (Å²) in [5.41, 5.74) is 11.3. The fourth-order valence-electron chi connectivity index (χ4n) is 2.72. The number of ether oxygens (including phenoxy) is 2. The Morgan fingerprint density at radius 2 is 1.76 bits per heavy atom. The first-order valence-corrected chi connectivity index (χ1v) is 7.06. The van der Waals surface area contributed by atoms with Gasteiger partial charge in [0.1, 0.15) is 0 Å². The van der Waals surface area contributed by atoms with Crippen LogP contribution in [-0.2, 0) is 13.1 Å². The second-order valence-electron chi connectivity index (χ2n) is 4.93. The van der Waals surface area contributed by atoms with Crippen LogP contribution in [0.2, 0.25) is 0 Å². The highest BCUT2D eigenvalue weighted by molar-refractivity contribution is 5.75. The number of aromatic nitrogens is 2. The van der Waals surface area contributed by atoms with Gasteiger partial charge in [0.2, 0.25) is 0 Å². The van der Waals surface area contributed by atoms with Crippen LogP contribution in [0.1, 0.15) is 23.9 Å². The van der Waals surface area contributed by atoms with Gasteiger partial charge in [0.25, 0.3) is 0 Å². The quantitative estimate of drug-likeness (QED) is 0.919. The van der Waals surface area contributed by atoms with Crippen LogP contribution in [0.3, 0.4) is 0 Å². The van der Waals surface area contributed by atoms with Crippen molar-refractivity contribution in [1.82, 2.24) is 9.78 Å². The Bertz CT molecular complexity index is 647. The van der Waals surface area contributed by atoms with Crippen molar-refractivity contribution in [1.29, 1.82) is 0 Å². The van der Waals surface area contributed by atoms with Crippen molar-refractivity contribution in [2.24, 2.45) is 5.73 Å². The smallest absolute Gasteiger partial charge is 0.161 e. The Morgan fingerprint density at radius 1 is 1.14 bits per heavy atom. The Morgan fingerprint density at radius 3 is 2.24 bits per heavy atom. The van der Waals surface area contributed by atoms with Crippen molar-refractivity contribution < 1.29 is 9.47 Å². The molecule has 1 aromatic heterocycles. The molecule has 21 heavy (non-hydrogen) atoms. The molecule has 0 fully saturated rings. The van der Waals surface area contributed by atoms with Crippen LogP contribution in [0.4, 0.5) is 0 Å². The zero-order valence-electron chi connectivity index (χ0n) is 13.4. The molecule has 0 radical (unpaired) electrons. The Hall–Kier alpha value is -2.01. The molecule has 0 spiro atoms. The molecule has 0 bridgehead atoms. The first kappa shape index (κ1) is 15.4. The normalized spacial score (nSPS) is 10.8. The van der Waals surface area contributed by atoms with Crippen molar-refractivity contribution in [3.05, 3.63) is 29.1 Å². The largest absolute Gasteiger partial charge is 0.493 e. The van der Waals surface area contributed by atoms with Crippen molar-refractivity contribution in [2.45, 2.75) is 33.9 Å². The number of benzene rings is 1. The topological polar surface area (TPSA) is 62.3 Å². The van der Waals surface area contributed by atoms with Gasteiger partial charge in [-0.15, -0.1) is 0 Å². The summed E-state index contributed by atoms with van der Waals surface area (Å²) in [5.74, 6) is 1.40. The molecule has 1 aromatic carbocycles. The van der Waals surface area contributed by atoms with E-state index in [1.807, 2.05) is 23.7 Å². The molecular weight excluding hydrogens is 266 g/mol. The minimum atomic E-state index is 0.436. The molecule has 5 heteroatoms. The minimum absolute atomic E-state index is 0.436. The van der Waals surface area contributed by atoms with Gasteiger partial charge < -0.3 is 15.2 Å². The molecule has 0 saturated heterocycles. The summed E-state index contributed by atoms with van der Waals surface area (Å²) in [5, 5.41) is 4.58. The second-order valence-corrected chi connectivity index (χ2v) is 4.93. The van der Waals surface area contributed by atoms with Gasteiger partial charge in [-0.2, -0.15) is 5.10 Å². The highest BCUT2D eigenvalue weighted by atomic mass is 16.5. The fraction of sp³-hybridized carbons (Fsp3) is 0.438. The van der Waals surface area contributed by atoms with E-state index in [2.05, 4.69) is 18.9 Å². The lowest BCUT2D eigenvalue weighted by Gasteiger charge is -2.14. The molecule has 0 aliphatic carbocycles. The van der Waals surface area contributed by atoms with Gasteiger partial charge in [-0.25, -0.2) is 0 Å². The lowest BCUT2D eigenvalue weighted by Crippen LogP contribution is -2.03. The summed E-state index contributed by atoms with van der Waals surface area (Å²) < 4.78 is 12.8. The standard InChI is InChI=1S/C16H23N3O2/c1-6-19-11(3)16(10(2)18-19)13-8-15(21-5)14(20-4)7-12(13)9-17/h7-8H,6,9,17H2,1-5H3. The van der Waals surface area contributed by atoms with E-state index in [4.69, 9.17) is 15.2 Å². The molecule has 0 amide bonds. The van der Waals surface area contributed by atoms with E-state index < -0.39 is 0 Å². The molecule has 2 N–H and O–H groups in total. The van der Waals surface area contributed by atoms with Crippen LogP contribution < -0.4 is 15.2 Å². The molecular formula is C16H23N3O2. The highest BCUT2D eigenvalue weighted by Crippen LogP contribution is 2.38. The van der Waals surface area contributed by atoms with Crippen LogP contribution in [0.15, 0.2) is 12.1 Å². The summed E-state index contributed by atoms with van der Waals surface area (Å²) in [4.78, 5) is 0. The van der Waals surface area contributed by atoms with Gasteiger partial charge in [0.05, 0.1) is 19.9 Å². The summed E-state index contributed by atoms with van der Waals surface area (Å²) in [7, 11) is 3.27. The number of nitrogens with zero attached hydrogens (tertiary/aromatic N) is 2. The molecule has 0 aliphatic rings. The summed E-state index contributed by atoms with van der Waals surface area (Å²) >= 11 is 0. The summed E-state index contributed by atoms with van der Waals surface area (Å²) in [6.45, 7) is 7.47. The maximum atomic E-state index is 5.92. The molecule has 114 valence electrons. The lowest BCUT2D eigenvalue weighted by atomic mass is 9.97. The fourth-order valence-corrected chi connectivity index (χ4v) is 2.72. The average Bonchev–Trinajstić information content (AvgIpc) is 2.79. The average molecular weight is 289 g/mol. The monoisotopic (exact) mass is 289 g/mol. The third kappa shape index (κ3) is 2.61. The van der Waals surface area contributed by atoms with Crippen LogP contribution >= 0.6 is 0 Å². The predicted octanol–water partition coefficient (Wildman–Crippen LogP) is 2.66. The van der Waals surface area contributed by atoms with Crippen LogP contribution in [-0.4, -0.2) is 24.0 Å². The van der Waals surface area contributed by atoms with Gasteiger partial charge >= 0.3 is 0 Å². The van der Waals surface area contributed by atoms with Gasteiger partial charge in [-0.05, 0) is 44.0 Å². The molecule has 0 atom stereocenters. The highest BCUT2D eigenvalue weighted by Gasteiger charge is 2.18. The van der Waals surface area contributed by atoms with Gasteiger partial charge in [-0.1, -0.05) is 0 Å². The van der Waals surface area contributed by atoms with Crippen molar-refractivity contribution in [2.75, 3.05) is 14.2 Å². The minimum Gasteiger partial charge on any atom is -0.493 e. The maximum absolute atomic E-state index is 5.92. The first-order chi connectivity index (χ1) is 10.1. The van der Waals surface area contributed by atoms with Crippen molar-refractivity contribution >= 4 is 0 Å². The number of rotatable bonds is 5. The number of hydrogen-bond acceptors (Lipinski definition) is 4. The van der Waals surface area contributed by atoms with Crippen molar-refractivity contribution in [3.63, 3.8) is 0 Å². The number of aryl methyl sites for hydroxylation is 2. The Balaban J connectivity index is 2.71. The zero-order chi connectivity index (χ0) is 15.6. The molecule has 1 heterocycles. The predicted molar refractivity (Wildman–Crippen MR) is 83.8 cm³/mol. The number of nitrogens with two attached hydrogens (primary N) is 1. The molecule has 5 nitrogen and oxygen atoms in total. The SMILES string of the molecule is CCn1nc(C)c(-c2cc(OC)c(OC)cc2CN)c1C. The van der Waals surface area contributed by atoms with Crippen LogP contribution in [0.5, 0.6) is 11.5 Å². The Labute approximate surface area is 125 Å². The molecule has 0 aliphatic heterocycles. The van der Waals surface area contributed by atoms with E-state index >= 15 is 0 Å². The van der Waals surface area contributed by atoms with Gasteiger partial charge in [0, 0.05) is 24.3 Å². The number of methoxy groups -OCH3 is 2. The summed E-state index contributed by atoms with van der Waals surface area (Å²) in [6, 6.07) is 3.92. The van der Waals surface area contributed by atoms with E-state index in [0.29, 0.717) is 18.0 Å². The van der Waals surface area contributed by atoms with Crippen molar-refractivity contribution in [3.8, 4) is 22.6 Å². The number of hydrogen-bond donors (Lipinski definition) is 1. The van der Waals surface area contributed by atoms with E-state index in [9.17, 15) is 0 Å². The molecule has 2 aromatic rings. The van der Waals surface area contributed by atoms with E-state index in [-0.39, 0.29) is 0 Å². The van der Waals surface area contributed by atoms with Crippen LogP contribution in [0.25, 0.3) is 11.1 Å². The first-order valence-electron chi connectivity index (χ1n) is 7.06. The lowest BCUT2D eigenvalue weighted by molar-refractivity contribution is 0.354. The van der Waals surface area contributed by atoms with Gasteiger partial charge in [0.15, 0.2) is 11.5 Å². The molecule has 0 unspecified atom stereocenters. The third-order valence-corrected chi connectivity index (χ3v) is 3.78. The van der Waals surface area contributed by atoms with Gasteiger partial charge in [-0.3, -0.25) is 4.68 Å². The third-order valence-electron chi connectivity index (χ3n) is 3.78. The molecule has 2 rings (SSSR count). The molecule has 0 saturated carbocycles. The maximum Gasteiger partial charge on any atom is 0.161 e. The summed E-state index contributed by atoms with van der Waals surface area (Å²) in [6.07, 6.45) is 0. The zero-order valence-corrected chi connectivity index (χ0v) is 13.4. The van der Waals surface area contributed by atoms with E-state index in [0.717, 1.165) is 34.6 Å². The van der Waals surface area contributed by atoms with E-state index in [1.54, 1.807) is 14.2 Å². The van der Waals surface area contributed by atoms with E-state index in [1.165, 1.54) is 0 Å². The second kappa shape index (κ2) is 6.18. The Kier molecular flexibility index (Phi) is 4.53.